The molecule has 110 valence electrons. The Morgan fingerprint density at radius 1 is 1.14 bits per heavy atom. The van der Waals surface area contributed by atoms with Crippen LogP contribution in [-0.2, 0) is 10.5 Å². The molecule has 0 bridgehead atoms. The third kappa shape index (κ3) is 5.10. The van der Waals surface area contributed by atoms with E-state index in [1.165, 1.54) is 11.1 Å². The summed E-state index contributed by atoms with van der Waals surface area (Å²) in [7, 11) is 0. The molecule has 0 saturated heterocycles. The van der Waals surface area contributed by atoms with Crippen LogP contribution in [0.1, 0.15) is 16.7 Å². The Balaban J connectivity index is 1.79. The Hall–Kier alpha value is -1.45. The van der Waals surface area contributed by atoms with Crippen LogP contribution in [0.3, 0.4) is 0 Å². The minimum Gasteiger partial charge on any atom is -0.325 e. The molecular weight excluding hydrogens is 302 g/mol. The van der Waals surface area contributed by atoms with E-state index in [0.717, 1.165) is 17.0 Å². The van der Waals surface area contributed by atoms with Gasteiger partial charge in [-0.3, -0.25) is 4.79 Å². The highest BCUT2D eigenvalue weighted by Gasteiger charge is 2.04. The maximum Gasteiger partial charge on any atom is 0.234 e. The summed E-state index contributed by atoms with van der Waals surface area (Å²) in [5.74, 6) is 1.26. The first-order valence-electron chi connectivity index (χ1n) is 6.74. The van der Waals surface area contributed by atoms with Crippen LogP contribution in [0.2, 0.25) is 5.02 Å². The van der Waals surface area contributed by atoms with E-state index in [1.54, 1.807) is 17.8 Å². The summed E-state index contributed by atoms with van der Waals surface area (Å²) in [5.41, 5.74) is 4.23. The number of hydrogen-bond acceptors (Lipinski definition) is 2. The van der Waals surface area contributed by atoms with Crippen LogP contribution in [0, 0.1) is 13.8 Å². The van der Waals surface area contributed by atoms with Gasteiger partial charge in [0, 0.05) is 16.5 Å². The van der Waals surface area contributed by atoms with Crippen LogP contribution in [0.5, 0.6) is 0 Å². The molecule has 0 aliphatic heterocycles. The number of amides is 1. The zero-order chi connectivity index (χ0) is 15.2. The average molecular weight is 320 g/mol. The normalized spacial score (nSPS) is 10.4. The Kier molecular flexibility index (Phi) is 5.71. The first kappa shape index (κ1) is 15.9. The molecule has 4 heteroatoms. The fraction of sp³-hybridized carbons (Fsp3) is 0.235. The summed E-state index contributed by atoms with van der Waals surface area (Å²) in [6.07, 6.45) is 0. The highest BCUT2D eigenvalue weighted by atomic mass is 35.5. The lowest BCUT2D eigenvalue weighted by molar-refractivity contribution is -0.113. The standard InChI is InChI=1S/C17H18ClNOS/c1-12-3-6-14(7-4-12)10-21-11-17(20)19-15-8-5-13(2)16(18)9-15/h3-9H,10-11H2,1-2H3,(H,19,20). The van der Waals surface area contributed by atoms with Crippen molar-refractivity contribution in [2.24, 2.45) is 0 Å². The van der Waals surface area contributed by atoms with E-state index in [4.69, 9.17) is 11.6 Å². The first-order valence-corrected chi connectivity index (χ1v) is 8.27. The van der Waals surface area contributed by atoms with Gasteiger partial charge in [0.05, 0.1) is 5.75 Å². The Morgan fingerprint density at radius 3 is 2.52 bits per heavy atom. The topological polar surface area (TPSA) is 29.1 Å². The van der Waals surface area contributed by atoms with Crippen molar-refractivity contribution >= 4 is 35.0 Å². The quantitative estimate of drug-likeness (QED) is 0.855. The van der Waals surface area contributed by atoms with Crippen molar-refractivity contribution in [2.45, 2.75) is 19.6 Å². The lowest BCUT2D eigenvalue weighted by atomic mass is 10.2. The number of anilines is 1. The molecule has 0 unspecified atom stereocenters. The average Bonchev–Trinajstić information content (AvgIpc) is 2.45. The molecule has 2 rings (SSSR count). The van der Waals surface area contributed by atoms with E-state index < -0.39 is 0 Å². The van der Waals surface area contributed by atoms with Crippen molar-refractivity contribution in [2.75, 3.05) is 11.1 Å². The number of nitrogens with one attached hydrogen (secondary N) is 1. The van der Waals surface area contributed by atoms with Crippen LogP contribution < -0.4 is 5.32 Å². The smallest absolute Gasteiger partial charge is 0.234 e. The zero-order valence-electron chi connectivity index (χ0n) is 12.2. The van der Waals surface area contributed by atoms with Crippen molar-refractivity contribution in [3.63, 3.8) is 0 Å². The van der Waals surface area contributed by atoms with Gasteiger partial charge in [-0.25, -0.2) is 0 Å². The number of carbonyl (C=O) groups is 1. The maximum atomic E-state index is 11.9. The summed E-state index contributed by atoms with van der Waals surface area (Å²) in [6, 6.07) is 13.9. The Labute approximate surface area is 134 Å². The fourth-order valence-electron chi connectivity index (χ4n) is 1.81. The molecule has 2 nitrogen and oxygen atoms in total. The third-order valence-corrected chi connectivity index (χ3v) is 4.49. The van der Waals surface area contributed by atoms with Crippen molar-refractivity contribution in [3.8, 4) is 0 Å². The van der Waals surface area contributed by atoms with Gasteiger partial charge in [-0.2, -0.15) is 0 Å². The van der Waals surface area contributed by atoms with E-state index in [1.807, 2.05) is 19.1 Å². The number of rotatable bonds is 5. The van der Waals surface area contributed by atoms with E-state index in [0.29, 0.717) is 10.8 Å². The van der Waals surface area contributed by atoms with Gasteiger partial charge >= 0.3 is 0 Å². The second kappa shape index (κ2) is 7.53. The van der Waals surface area contributed by atoms with Crippen molar-refractivity contribution in [3.05, 3.63) is 64.2 Å². The molecule has 0 heterocycles. The van der Waals surface area contributed by atoms with Gasteiger partial charge in [0.25, 0.3) is 0 Å². The molecule has 0 aromatic heterocycles. The number of hydrogen-bond donors (Lipinski definition) is 1. The summed E-state index contributed by atoms with van der Waals surface area (Å²) in [4.78, 5) is 11.9. The van der Waals surface area contributed by atoms with Gasteiger partial charge in [0.1, 0.15) is 0 Å². The monoisotopic (exact) mass is 319 g/mol. The summed E-state index contributed by atoms with van der Waals surface area (Å²) in [6.45, 7) is 4.00. The molecule has 0 saturated carbocycles. The molecule has 0 radical (unpaired) electrons. The fourth-order valence-corrected chi connectivity index (χ4v) is 2.78. The summed E-state index contributed by atoms with van der Waals surface area (Å²) < 4.78 is 0. The molecule has 21 heavy (non-hydrogen) atoms. The largest absolute Gasteiger partial charge is 0.325 e. The first-order chi connectivity index (χ1) is 10.0. The lowest BCUT2D eigenvalue weighted by Crippen LogP contribution is -2.14. The summed E-state index contributed by atoms with van der Waals surface area (Å²) in [5, 5.41) is 3.53. The molecule has 1 amide bonds. The predicted molar refractivity (Wildman–Crippen MR) is 92.2 cm³/mol. The Bertz CT molecular complexity index is 625. The van der Waals surface area contributed by atoms with Crippen LogP contribution in [0.4, 0.5) is 5.69 Å². The van der Waals surface area contributed by atoms with Crippen LogP contribution in [-0.4, -0.2) is 11.7 Å². The third-order valence-electron chi connectivity index (χ3n) is 3.08. The molecule has 1 N–H and O–H groups in total. The molecule has 0 spiro atoms. The van der Waals surface area contributed by atoms with Crippen molar-refractivity contribution in [1.29, 1.82) is 0 Å². The van der Waals surface area contributed by atoms with E-state index in [-0.39, 0.29) is 5.91 Å². The minimum absolute atomic E-state index is 0.00738. The number of carbonyl (C=O) groups excluding carboxylic acids is 1. The highest BCUT2D eigenvalue weighted by Crippen LogP contribution is 2.20. The van der Waals surface area contributed by atoms with E-state index >= 15 is 0 Å². The molecule has 2 aromatic carbocycles. The van der Waals surface area contributed by atoms with Crippen LogP contribution >= 0.6 is 23.4 Å². The molecule has 0 aliphatic rings. The van der Waals surface area contributed by atoms with Gasteiger partial charge in [-0.15, -0.1) is 11.8 Å². The van der Waals surface area contributed by atoms with Gasteiger partial charge in [-0.1, -0.05) is 47.5 Å². The maximum absolute atomic E-state index is 11.9. The van der Waals surface area contributed by atoms with Crippen LogP contribution in [0.15, 0.2) is 42.5 Å². The lowest BCUT2D eigenvalue weighted by Gasteiger charge is -2.07. The van der Waals surface area contributed by atoms with Crippen molar-refractivity contribution in [1.82, 2.24) is 0 Å². The molecule has 0 atom stereocenters. The number of thioether (sulfide) groups is 1. The molecular formula is C17H18ClNOS. The molecule has 0 aliphatic carbocycles. The van der Waals surface area contributed by atoms with E-state index in [2.05, 4.69) is 36.5 Å². The minimum atomic E-state index is -0.00738. The number of benzene rings is 2. The number of aryl methyl sites for hydroxylation is 2. The zero-order valence-corrected chi connectivity index (χ0v) is 13.7. The summed E-state index contributed by atoms with van der Waals surface area (Å²) >= 11 is 7.64. The molecule has 2 aromatic rings. The predicted octanol–water partition coefficient (Wildman–Crippen LogP) is 4.83. The van der Waals surface area contributed by atoms with Crippen molar-refractivity contribution < 1.29 is 4.79 Å². The van der Waals surface area contributed by atoms with Gasteiger partial charge in [-0.05, 0) is 37.1 Å². The number of halogens is 1. The van der Waals surface area contributed by atoms with Gasteiger partial charge in [0.2, 0.25) is 5.91 Å². The Morgan fingerprint density at radius 2 is 1.86 bits per heavy atom. The molecule has 0 fully saturated rings. The van der Waals surface area contributed by atoms with Crippen LogP contribution in [0.25, 0.3) is 0 Å². The van der Waals surface area contributed by atoms with Gasteiger partial charge in [0.15, 0.2) is 0 Å². The second-order valence-electron chi connectivity index (χ2n) is 4.99. The SMILES string of the molecule is Cc1ccc(CSCC(=O)Nc2ccc(C)c(Cl)c2)cc1. The second-order valence-corrected chi connectivity index (χ2v) is 6.38. The van der Waals surface area contributed by atoms with E-state index in [9.17, 15) is 4.79 Å². The van der Waals surface area contributed by atoms with Gasteiger partial charge < -0.3 is 5.32 Å². The highest BCUT2D eigenvalue weighted by molar-refractivity contribution is 7.99.